The van der Waals surface area contributed by atoms with E-state index in [1.165, 1.54) is 12.7 Å². The summed E-state index contributed by atoms with van der Waals surface area (Å²) in [5, 5.41) is 8.96. The number of nitrogens with zero attached hydrogens (tertiary/aromatic N) is 1. The molecular formula is C13H19NO3. The van der Waals surface area contributed by atoms with Crippen LogP contribution in [0.4, 0.5) is 0 Å². The lowest BCUT2D eigenvalue weighted by molar-refractivity contribution is 0.0659. The molecule has 1 unspecified atom stereocenters. The largest absolute Gasteiger partial charge is 0.475 e. The number of hydrogen-bond acceptors (Lipinski definition) is 3. The van der Waals surface area contributed by atoms with Gasteiger partial charge in [-0.25, -0.2) is 4.79 Å². The fraction of sp³-hybridized carbons (Fsp3) is 0.615. The van der Waals surface area contributed by atoms with E-state index in [0.29, 0.717) is 12.5 Å². The standard InChI is InChI=1S/C13H19NO3/c1-9(2)10-3-5-14(7-10)8-11-4-6-17-12(11)13(15)16/h4,6,9-10H,3,5,7-8H2,1-2H3,(H,15,16). The molecule has 2 heterocycles. The summed E-state index contributed by atoms with van der Waals surface area (Å²) >= 11 is 0. The lowest BCUT2D eigenvalue weighted by Crippen LogP contribution is -2.22. The Bertz CT molecular complexity index is 397. The van der Waals surface area contributed by atoms with Gasteiger partial charge in [-0.1, -0.05) is 13.8 Å². The van der Waals surface area contributed by atoms with Gasteiger partial charge >= 0.3 is 5.97 Å². The Balaban J connectivity index is 1.98. The Morgan fingerprint density at radius 2 is 2.41 bits per heavy atom. The molecule has 0 aliphatic carbocycles. The smallest absolute Gasteiger partial charge is 0.372 e. The van der Waals surface area contributed by atoms with Gasteiger partial charge in [0.1, 0.15) is 0 Å². The Hall–Kier alpha value is -1.29. The highest BCUT2D eigenvalue weighted by Gasteiger charge is 2.26. The molecule has 1 aromatic rings. The van der Waals surface area contributed by atoms with Crippen LogP contribution < -0.4 is 0 Å². The van der Waals surface area contributed by atoms with Crippen molar-refractivity contribution in [2.24, 2.45) is 11.8 Å². The van der Waals surface area contributed by atoms with Gasteiger partial charge in [-0.15, -0.1) is 0 Å². The molecule has 0 aromatic carbocycles. The number of furan rings is 1. The number of carbonyl (C=O) groups is 1. The Kier molecular flexibility index (Phi) is 3.52. The SMILES string of the molecule is CC(C)C1CCN(Cc2ccoc2C(=O)O)C1. The van der Waals surface area contributed by atoms with Crippen LogP contribution in [-0.4, -0.2) is 29.1 Å². The van der Waals surface area contributed by atoms with Gasteiger partial charge in [-0.3, -0.25) is 4.90 Å². The number of hydrogen-bond donors (Lipinski definition) is 1. The second kappa shape index (κ2) is 4.92. The van der Waals surface area contributed by atoms with Crippen LogP contribution in [0.25, 0.3) is 0 Å². The summed E-state index contributed by atoms with van der Waals surface area (Å²) in [6, 6.07) is 1.76. The van der Waals surface area contributed by atoms with E-state index in [4.69, 9.17) is 9.52 Å². The van der Waals surface area contributed by atoms with Gasteiger partial charge in [0.25, 0.3) is 0 Å². The first kappa shape index (κ1) is 12.2. The highest BCUT2D eigenvalue weighted by molar-refractivity contribution is 5.86. The molecule has 4 heteroatoms. The van der Waals surface area contributed by atoms with Crippen molar-refractivity contribution in [2.75, 3.05) is 13.1 Å². The van der Waals surface area contributed by atoms with Crippen LogP contribution in [-0.2, 0) is 6.54 Å². The summed E-state index contributed by atoms with van der Waals surface area (Å²) in [6.45, 7) is 7.28. The van der Waals surface area contributed by atoms with Crippen molar-refractivity contribution in [3.63, 3.8) is 0 Å². The third kappa shape index (κ3) is 2.69. The van der Waals surface area contributed by atoms with Gasteiger partial charge < -0.3 is 9.52 Å². The molecule has 1 saturated heterocycles. The first-order valence-electron chi connectivity index (χ1n) is 6.10. The first-order valence-corrected chi connectivity index (χ1v) is 6.10. The van der Waals surface area contributed by atoms with E-state index in [0.717, 1.165) is 24.6 Å². The van der Waals surface area contributed by atoms with Gasteiger partial charge in [0, 0.05) is 18.7 Å². The molecular weight excluding hydrogens is 218 g/mol. The minimum absolute atomic E-state index is 0.0815. The van der Waals surface area contributed by atoms with Gasteiger partial charge in [-0.2, -0.15) is 0 Å². The fourth-order valence-electron chi connectivity index (χ4n) is 2.44. The molecule has 94 valence electrons. The van der Waals surface area contributed by atoms with E-state index in [1.807, 2.05) is 0 Å². The summed E-state index contributed by atoms with van der Waals surface area (Å²) in [5.41, 5.74) is 0.780. The zero-order chi connectivity index (χ0) is 12.4. The molecule has 0 saturated carbocycles. The number of aromatic carboxylic acids is 1. The van der Waals surface area contributed by atoms with Gasteiger partial charge in [-0.05, 0) is 30.9 Å². The van der Waals surface area contributed by atoms with Gasteiger partial charge in [0.15, 0.2) is 0 Å². The molecule has 0 bridgehead atoms. The average Bonchev–Trinajstić information content (AvgIpc) is 2.86. The molecule has 0 amide bonds. The maximum atomic E-state index is 10.9. The third-order valence-electron chi connectivity index (χ3n) is 3.59. The van der Waals surface area contributed by atoms with E-state index in [1.54, 1.807) is 6.07 Å². The van der Waals surface area contributed by atoms with Crippen LogP contribution in [0, 0.1) is 11.8 Å². The number of likely N-dealkylation sites (tertiary alicyclic amines) is 1. The maximum absolute atomic E-state index is 10.9. The zero-order valence-corrected chi connectivity index (χ0v) is 10.3. The number of rotatable bonds is 4. The molecule has 1 aliphatic heterocycles. The monoisotopic (exact) mass is 237 g/mol. The highest BCUT2D eigenvalue weighted by Crippen LogP contribution is 2.25. The van der Waals surface area contributed by atoms with E-state index >= 15 is 0 Å². The molecule has 1 fully saturated rings. The van der Waals surface area contributed by atoms with E-state index in [2.05, 4.69) is 18.7 Å². The molecule has 17 heavy (non-hydrogen) atoms. The summed E-state index contributed by atoms with van der Waals surface area (Å²) in [4.78, 5) is 13.2. The third-order valence-corrected chi connectivity index (χ3v) is 3.59. The molecule has 0 spiro atoms. The predicted molar refractivity (Wildman–Crippen MR) is 63.9 cm³/mol. The summed E-state index contributed by atoms with van der Waals surface area (Å²) in [5.74, 6) is 0.529. The maximum Gasteiger partial charge on any atom is 0.372 e. The summed E-state index contributed by atoms with van der Waals surface area (Å²) in [7, 11) is 0. The summed E-state index contributed by atoms with van der Waals surface area (Å²) < 4.78 is 4.98. The molecule has 1 aliphatic rings. The van der Waals surface area contributed by atoms with Crippen molar-refractivity contribution >= 4 is 5.97 Å². The van der Waals surface area contributed by atoms with Crippen LogP contribution in [0.2, 0.25) is 0 Å². The topological polar surface area (TPSA) is 53.7 Å². The van der Waals surface area contributed by atoms with Crippen molar-refractivity contribution in [3.05, 3.63) is 23.7 Å². The molecule has 2 rings (SSSR count). The van der Waals surface area contributed by atoms with Gasteiger partial charge in [0.2, 0.25) is 5.76 Å². The van der Waals surface area contributed by atoms with Crippen LogP contribution >= 0.6 is 0 Å². The van der Waals surface area contributed by atoms with Crippen LogP contribution in [0.15, 0.2) is 16.7 Å². The van der Waals surface area contributed by atoms with Crippen LogP contribution in [0.3, 0.4) is 0 Å². The predicted octanol–water partition coefficient (Wildman–Crippen LogP) is 2.46. The molecule has 1 aromatic heterocycles. The van der Waals surface area contributed by atoms with Crippen molar-refractivity contribution < 1.29 is 14.3 Å². The van der Waals surface area contributed by atoms with E-state index < -0.39 is 5.97 Å². The average molecular weight is 237 g/mol. The lowest BCUT2D eigenvalue weighted by atomic mass is 9.95. The van der Waals surface area contributed by atoms with Crippen LogP contribution in [0.5, 0.6) is 0 Å². The fourth-order valence-corrected chi connectivity index (χ4v) is 2.44. The minimum Gasteiger partial charge on any atom is -0.475 e. The number of carboxylic acids is 1. The van der Waals surface area contributed by atoms with Crippen LogP contribution in [0.1, 0.15) is 36.4 Å². The number of carboxylic acid groups (broad SMARTS) is 1. The Morgan fingerprint density at radius 1 is 1.65 bits per heavy atom. The lowest BCUT2D eigenvalue weighted by Gasteiger charge is -2.17. The highest BCUT2D eigenvalue weighted by atomic mass is 16.4. The second-order valence-corrected chi connectivity index (χ2v) is 5.11. The Morgan fingerprint density at radius 3 is 3.00 bits per heavy atom. The van der Waals surface area contributed by atoms with E-state index in [-0.39, 0.29) is 5.76 Å². The normalized spacial score (nSPS) is 21.2. The molecule has 4 nitrogen and oxygen atoms in total. The van der Waals surface area contributed by atoms with E-state index in [9.17, 15) is 4.79 Å². The minimum atomic E-state index is -0.982. The van der Waals surface area contributed by atoms with Crippen molar-refractivity contribution in [2.45, 2.75) is 26.8 Å². The van der Waals surface area contributed by atoms with Crippen molar-refractivity contribution in [1.29, 1.82) is 0 Å². The van der Waals surface area contributed by atoms with Crippen molar-refractivity contribution in [1.82, 2.24) is 4.90 Å². The zero-order valence-electron chi connectivity index (χ0n) is 10.3. The first-order chi connectivity index (χ1) is 8.08. The van der Waals surface area contributed by atoms with Crippen molar-refractivity contribution in [3.8, 4) is 0 Å². The second-order valence-electron chi connectivity index (χ2n) is 5.11. The molecule has 1 atom stereocenters. The Labute approximate surface area is 101 Å². The van der Waals surface area contributed by atoms with Gasteiger partial charge in [0.05, 0.1) is 6.26 Å². The molecule has 0 radical (unpaired) electrons. The molecule has 1 N–H and O–H groups in total. The summed E-state index contributed by atoms with van der Waals surface area (Å²) in [6.07, 6.45) is 2.66. The quantitative estimate of drug-likeness (QED) is 0.874.